The van der Waals surface area contributed by atoms with Crippen LogP contribution in [0.1, 0.15) is 16.5 Å². The zero-order valence-corrected chi connectivity index (χ0v) is 12.0. The Morgan fingerprint density at radius 1 is 1.25 bits per heavy atom. The van der Waals surface area contributed by atoms with Crippen LogP contribution in [0.25, 0.3) is 0 Å². The van der Waals surface area contributed by atoms with Crippen molar-refractivity contribution in [3.05, 3.63) is 52.9 Å². The molecule has 2 N–H and O–H groups in total. The molecule has 0 amide bonds. The van der Waals surface area contributed by atoms with Gasteiger partial charge in [-0.05, 0) is 17.7 Å². The van der Waals surface area contributed by atoms with Crippen molar-refractivity contribution in [2.24, 2.45) is 0 Å². The third kappa shape index (κ3) is 3.43. The zero-order valence-electron chi connectivity index (χ0n) is 10.4. The van der Waals surface area contributed by atoms with Crippen molar-refractivity contribution >= 4 is 21.4 Å². The van der Waals surface area contributed by atoms with E-state index >= 15 is 0 Å². The molecular weight excluding hydrogens is 296 g/mol. The van der Waals surface area contributed by atoms with Crippen molar-refractivity contribution < 1.29 is 13.5 Å². The Balaban J connectivity index is 2.05. The molecule has 20 heavy (non-hydrogen) atoms. The summed E-state index contributed by atoms with van der Waals surface area (Å²) in [5, 5.41) is 18.6. The van der Waals surface area contributed by atoms with E-state index in [1.165, 1.54) is 12.1 Å². The maximum atomic E-state index is 12.0. The number of hydrogen-bond donors (Lipinski definition) is 2. The Hall–Kier alpha value is -1.72. The van der Waals surface area contributed by atoms with Crippen LogP contribution >= 0.6 is 11.3 Å². The molecule has 0 aliphatic carbocycles. The van der Waals surface area contributed by atoms with Gasteiger partial charge in [-0.15, -0.1) is 11.3 Å². The van der Waals surface area contributed by atoms with Crippen LogP contribution in [0.2, 0.25) is 0 Å². The number of rotatable bonds is 5. The molecular formula is C13H12N2O3S2. The fourth-order valence-electron chi connectivity index (χ4n) is 1.58. The second-order valence-corrected chi connectivity index (χ2v) is 7.09. The summed E-state index contributed by atoms with van der Waals surface area (Å²) in [7, 11) is -3.70. The zero-order chi connectivity index (χ0) is 14.6. The van der Waals surface area contributed by atoms with Crippen LogP contribution in [0.15, 0.2) is 46.7 Å². The highest BCUT2D eigenvalue weighted by molar-refractivity contribution is 7.91. The highest BCUT2D eigenvalue weighted by Crippen LogP contribution is 2.21. The number of aliphatic hydroxyl groups excluding tert-OH is 1. The van der Waals surface area contributed by atoms with E-state index in [-0.39, 0.29) is 10.8 Å². The van der Waals surface area contributed by atoms with Gasteiger partial charge in [-0.25, -0.2) is 13.1 Å². The molecule has 0 fully saturated rings. The molecule has 5 nitrogen and oxygen atoms in total. The predicted octanol–water partition coefficient (Wildman–Crippen LogP) is 1.63. The molecule has 0 saturated carbocycles. The van der Waals surface area contributed by atoms with Gasteiger partial charge in [0.15, 0.2) is 0 Å². The lowest BCUT2D eigenvalue weighted by Gasteiger charge is -2.11. The minimum atomic E-state index is -3.70. The molecule has 7 heteroatoms. The summed E-state index contributed by atoms with van der Waals surface area (Å²) in [5.41, 5.74) is 0.638. The van der Waals surface area contributed by atoms with Gasteiger partial charge >= 0.3 is 0 Å². The summed E-state index contributed by atoms with van der Waals surface area (Å²) < 4.78 is 26.4. The SMILES string of the molecule is N#Cc1ccc(S(=O)(=O)NCC(O)c2ccccc2)s1. The quantitative estimate of drug-likeness (QED) is 0.878. The number of nitrogens with zero attached hydrogens (tertiary/aromatic N) is 1. The molecule has 1 unspecified atom stereocenters. The number of thiophene rings is 1. The molecule has 0 saturated heterocycles. The smallest absolute Gasteiger partial charge is 0.250 e. The standard InChI is InChI=1S/C13H12N2O3S2/c14-8-11-6-7-13(19-11)20(17,18)15-9-12(16)10-4-2-1-3-5-10/h1-7,12,15-16H,9H2. The first kappa shape index (κ1) is 14.7. The first-order valence-corrected chi connectivity index (χ1v) is 8.05. The third-order valence-corrected chi connectivity index (χ3v) is 5.51. The minimum Gasteiger partial charge on any atom is -0.387 e. The minimum absolute atomic E-state index is 0.0642. The van der Waals surface area contributed by atoms with Gasteiger partial charge in [0, 0.05) is 6.54 Å². The molecule has 2 rings (SSSR count). The van der Waals surface area contributed by atoms with Gasteiger partial charge in [-0.1, -0.05) is 30.3 Å². The number of sulfonamides is 1. The highest BCUT2D eigenvalue weighted by Gasteiger charge is 2.18. The van der Waals surface area contributed by atoms with Gasteiger partial charge in [-0.3, -0.25) is 0 Å². The fraction of sp³-hybridized carbons (Fsp3) is 0.154. The van der Waals surface area contributed by atoms with Gasteiger partial charge in [-0.2, -0.15) is 5.26 Å². The Morgan fingerprint density at radius 2 is 1.95 bits per heavy atom. The summed E-state index contributed by atoms with van der Waals surface area (Å²) in [6.45, 7) is -0.119. The summed E-state index contributed by atoms with van der Waals surface area (Å²) >= 11 is 0.894. The predicted molar refractivity (Wildman–Crippen MR) is 75.6 cm³/mol. The molecule has 1 aromatic heterocycles. The number of benzene rings is 1. The molecule has 1 heterocycles. The maximum absolute atomic E-state index is 12.0. The number of nitrogens with one attached hydrogen (secondary N) is 1. The van der Waals surface area contributed by atoms with Crippen LogP contribution in [0.4, 0.5) is 0 Å². The van der Waals surface area contributed by atoms with Gasteiger partial charge in [0.2, 0.25) is 10.0 Å². The van der Waals surface area contributed by atoms with Crippen LogP contribution in [-0.2, 0) is 10.0 Å². The largest absolute Gasteiger partial charge is 0.387 e. The van der Waals surface area contributed by atoms with Gasteiger partial charge in [0.1, 0.15) is 15.2 Å². The van der Waals surface area contributed by atoms with Crippen molar-refractivity contribution in [3.63, 3.8) is 0 Å². The molecule has 0 radical (unpaired) electrons. The Bertz CT molecular complexity index is 718. The van der Waals surface area contributed by atoms with Crippen LogP contribution in [0.3, 0.4) is 0 Å². The van der Waals surface area contributed by atoms with Crippen molar-refractivity contribution in [1.82, 2.24) is 4.72 Å². The van der Waals surface area contributed by atoms with Gasteiger partial charge < -0.3 is 5.11 Å². The normalized spacial score (nSPS) is 12.8. The molecule has 0 aliphatic heterocycles. The lowest BCUT2D eigenvalue weighted by atomic mass is 10.1. The van der Waals surface area contributed by atoms with Crippen LogP contribution in [0.5, 0.6) is 0 Å². The second-order valence-electron chi connectivity index (χ2n) is 4.01. The molecule has 0 spiro atoms. The summed E-state index contributed by atoms with van der Waals surface area (Å²) in [6.07, 6.45) is -0.915. The van der Waals surface area contributed by atoms with E-state index < -0.39 is 16.1 Å². The first-order valence-electron chi connectivity index (χ1n) is 5.75. The van der Waals surface area contributed by atoms with E-state index in [4.69, 9.17) is 5.26 Å². The van der Waals surface area contributed by atoms with E-state index in [9.17, 15) is 13.5 Å². The van der Waals surface area contributed by atoms with Crippen LogP contribution < -0.4 is 4.72 Å². The first-order chi connectivity index (χ1) is 9.53. The highest BCUT2D eigenvalue weighted by atomic mass is 32.2. The lowest BCUT2D eigenvalue weighted by Crippen LogP contribution is -2.27. The average molecular weight is 308 g/mol. The summed E-state index contributed by atoms with van der Waals surface area (Å²) in [4.78, 5) is 0.328. The molecule has 1 atom stereocenters. The van der Waals surface area contributed by atoms with Crippen LogP contribution in [-0.4, -0.2) is 20.1 Å². The number of hydrogen-bond acceptors (Lipinski definition) is 5. The fourth-order valence-corrected chi connectivity index (χ4v) is 3.76. The van der Waals surface area contributed by atoms with Crippen molar-refractivity contribution in [1.29, 1.82) is 5.26 Å². The number of nitriles is 1. The van der Waals surface area contributed by atoms with E-state index in [1.54, 1.807) is 24.3 Å². The average Bonchev–Trinajstić information content (AvgIpc) is 2.95. The molecule has 0 aliphatic rings. The van der Waals surface area contributed by atoms with Gasteiger partial charge in [0.05, 0.1) is 6.10 Å². The Kier molecular flexibility index (Phi) is 4.52. The summed E-state index contributed by atoms with van der Waals surface area (Å²) in [5.74, 6) is 0. The van der Waals surface area contributed by atoms with Crippen molar-refractivity contribution in [2.75, 3.05) is 6.54 Å². The Labute approximate surface area is 121 Å². The van der Waals surface area contributed by atoms with E-state index in [0.29, 0.717) is 10.4 Å². The number of aliphatic hydroxyl groups is 1. The maximum Gasteiger partial charge on any atom is 0.250 e. The van der Waals surface area contributed by atoms with Gasteiger partial charge in [0.25, 0.3) is 0 Å². The molecule has 1 aromatic carbocycles. The topological polar surface area (TPSA) is 90.2 Å². The van der Waals surface area contributed by atoms with E-state index in [2.05, 4.69) is 4.72 Å². The second kappa shape index (κ2) is 6.15. The van der Waals surface area contributed by atoms with Crippen molar-refractivity contribution in [2.45, 2.75) is 10.3 Å². The Morgan fingerprint density at radius 3 is 2.55 bits per heavy atom. The molecule has 2 aromatic rings. The lowest BCUT2D eigenvalue weighted by molar-refractivity contribution is 0.182. The molecule has 104 valence electrons. The van der Waals surface area contributed by atoms with Crippen LogP contribution in [0, 0.1) is 11.3 Å². The third-order valence-electron chi connectivity index (χ3n) is 2.61. The van der Waals surface area contributed by atoms with E-state index in [1.807, 2.05) is 12.1 Å². The summed E-state index contributed by atoms with van der Waals surface area (Å²) in [6, 6.07) is 13.5. The van der Waals surface area contributed by atoms with E-state index in [0.717, 1.165) is 11.3 Å². The monoisotopic (exact) mass is 308 g/mol. The van der Waals surface area contributed by atoms with Crippen molar-refractivity contribution in [3.8, 4) is 6.07 Å². The molecule has 0 bridgehead atoms.